The number of hydrogen-bond acceptors (Lipinski definition) is 6. The van der Waals surface area contributed by atoms with Gasteiger partial charge in [-0.05, 0) is 23.3 Å². The molecule has 0 saturated heterocycles. The Balaban J connectivity index is 1.50. The fourth-order valence-corrected chi connectivity index (χ4v) is 4.10. The van der Waals surface area contributed by atoms with E-state index >= 15 is 0 Å². The molecular formula is C20H17N3O4S. The van der Waals surface area contributed by atoms with Gasteiger partial charge >= 0.3 is 11.7 Å². The number of carbonyl (C=O) groups is 1. The number of pyridine rings is 1. The molecule has 1 atom stereocenters. The molecule has 0 aliphatic carbocycles. The molecule has 1 aromatic carbocycles. The lowest BCUT2D eigenvalue weighted by molar-refractivity contribution is -0.144. The highest BCUT2D eigenvalue weighted by Gasteiger charge is 2.31. The van der Waals surface area contributed by atoms with Crippen molar-refractivity contribution in [3.05, 3.63) is 92.9 Å². The Morgan fingerprint density at radius 3 is 2.61 bits per heavy atom. The third-order valence-electron chi connectivity index (χ3n) is 4.43. The number of fused-ring (bicyclic) bond motifs is 1. The van der Waals surface area contributed by atoms with E-state index in [1.165, 1.54) is 27.0 Å². The highest BCUT2D eigenvalue weighted by molar-refractivity contribution is 8.00. The molecule has 1 aliphatic heterocycles. The molecule has 2 aromatic heterocycles. The average molecular weight is 395 g/mol. The van der Waals surface area contributed by atoms with Crippen LogP contribution >= 0.6 is 11.8 Å². The Morgan fingerprint density at radius 2 is 1.86 bits per heavy atom. The second kappa shape index (κ2) is 7.85. The SMILES string of the molecule is O=C(OCc1ccncc1)C1Cn2c(cc(=O)n(Cc3ccccc3)c2=O)S1. The van der Waals surface area contributed by atoms with Crippen LogP contribution in [0.3, 0.4) is 0 Å². The van der Waals surface area contributed by atoms with E-state index in [0.29, 0.717) is 5.03 Å². The molecule has 3 aromatic rings. The summed E-state index contributed by atoms with van der Waals surface area (Å²) in [7, 11) is 0. The third kappa shape index (κ3) is 3.77. The summed E-state index contributed by atoms with van der Waals surface area (Å²) in [5.74, 6) is -0.410. The van der Waals surface area contributed by atoms with Gasteiger partial charge in [0.1, 0.15) is 11.9 Å². The first kappa shape index (κ1) is 18.2. The van der Waals surface area contributed by atoms with Gasteiger partial charge in [-0.3, -0.25) is 23.7 Å². The molecule has 1 aliphatic rings. The number of thioether (sulfide) groups is 1. The van der Waals surface area contributed by atoms with Gasteiger partial charge in [-0.15, -0.1) is 0 Å². The van der Waals surface area contributed by atoms with Crippen molar-refractivity contribution >= 4 is 17.7 Å². The van der Waals surface area contributed by atoms with E-state index in [-0.39, 0.29) is 25.3 Å². The van der Waals surface area contributed by atoms with Gasteiger partial charge < -0.3 is 4.74 Å². The lowest BCUT2D eigenvalue weighted by atomic mass is 10.2. The quantitative estimate of drug-likeness (QED) is 0.483. The summed E-state index contributed by atoms with van der Waals surface area (Å²) in [5, 5.41) is -0.0633. The molecule has 142 valence electrons. The summed E-state index contributed by atoms with van der Waals surface area (Å²) >= 11 is 1.19. The fourth-order valence-electron chi connectivity index (χ4n) is 2.97. The molecule has 0 spiro atoms. The fraction of sp³-hybridized carbons (Fsp3) is 0.200. The van der Waals surface area contributed by atoms with E-state index < -0.39 is 16.9 Å². The van der Waals surface area contributed by atoms with Gasteiger partial charge in [0.15, 0.2) is 0 Å². The summed E-state index contributed by atoms with van der Waals surface area (Å²) in [6.07, 6.45) is 3.26. The van der Waals surface area contributed by atoms with Crippen molar-refractivity contribution in [2.24, 2.45) is 0 Å². The van der Waals surface area contributed by atoms with E-state index in [1.807, 2.05) is 30.3 Å². The maximum absolute atomic E-state index is 12.8. The number of benzene rings is 1. The number of hydrogen-bond donors (Lipinski definition) is 0. The molecule has 3 heterocycles. The van der Waals surface area contributed by atoms with Crippen LogP contribution in [0.5, 0.6) is 0 Å². The molecule has 8 heteroatoms. The molecule has 0 radical (unpaired) electrons. The maximum atomic E-state index is 12.8. The van der Waals surface area contributed by atoms with E-state index in [9.17, 15) is 14.4 Å². The van der Waals surface area contributed by atoms with Crippen LogP contribution in [0.1, 0.15) is 11.1 Å². The van der Waals surface area contributed by atoms with Gasteiger partial charge in [-0.2, -0.15) is 0 Å². The van der Waals surface area contributed by atoms with Gasteiger partial charge in [0.25, 0.3) is 5.56 Å². The van der Waals surface area contributed by atoms with Crippen LogP contribution in [0.15, 0.2) is 75.5 Å². The maximum Gasteiger partial charge on any atom is 0.332 e. The van der Waals surface area contributed by atoms with Gasteiger partial charge in [0, 0.05) is 18.5 Å². The van der Waals surface area contributed by atoms with Crippen LogP contribution in [-0.4, -0.2) is 25.3 Å². The van der Waals surface area contributed by atoms with Crippen molar-refractivity contribution in [1.82, 2.24) is 14.1 Å². The normalized spacial score (nSPS) is 15.2. The highest BCUT2D eigenvalue weighted by atomic mass is 32.2. The first-order valence-electron chi connectivity index (χ1n) is 8.72. The van der Waals surface area contributed by atoms with Crippen molar-refractivity contribution in [2.45, 2.75) is 30.0 Å². The third-order valence-corrected chi connectivity index (χ3v) is 5.63. The van der Waals surface area contributed by atoms with Crippen molar-refractivity contribution in [3.63, 3.8) is 0 Å². The van der Waals surface area contributed by atoms with Crippen LogP contribution < -0.4 is 11.2 Å². The minimum atomic E-state index is -0.554. The standard InChI is InChI=1S/C20H17N3O4S/c24-17-10-18-23(20(26)22(17)11-14-4-2-1-3-5-14)12-16(28-18)19(25)27-13-15-6-8-21-9-7-15/h1-10,16H,11-13H2. The number of nitrogens with zero attached hydrogens (tertiary/aromatic N) is 3. The number of carbonyl (C=O) groups excluding carboxylic acids is 1. The van der Waals surface area contributed by atoms with Crippen LogP contribution in [0, 0.1) is 0 Å². The van der Waals surface area contributed by atoms with E-state index in [2.05, 4.69) is 4.98 Å². The predicted molar refractivity (Wildman–Crippen MR) is 104 cm³/mol. The number of aromatic nitrogens is 3. The summed E-state index contributed by atoms with van der Waals surface area (Å²) in [6.45, 7) is 0.522. The molecule has 0 saturated carbocycles. The molecule has 0 amide bonds. The Hall–Kier alpha value is -3.13. The van der Waals surface area contributed by atoms with Crippen molar-refractivity contribution in [1.29, 1.82) is 0 Å². The monoisotopic (exact) mass is 395 g/mol. The molecule has 4 rings (SSSR count). The summed E-state index contributed by atoms with van der Waals surface area (Å²) in [6, 6.07) is 14.3. The van der Waals surface area contributed by atoms with Gasteiger partial charge in [-0.25, -0.2) is 4.79 Å². The van der Waals surface area contributed by atoms with Crippen molar-refractivity contribution in [3.8, 4) is 0 Å². The topological polar surface area (TPSA) is 83.2 Å². The predicted octanol–water partition coefficient (Wildman–Crippen LogP) is 1.67. The Labute approximate surface area is 164 Å². The van der Waals surface area contributed by atoms with E-state index in [4.69, 9.17) is 4.74 Å². The smallest absolute Gasteiger partial charge is 0.332 e. The Kier molecular flexibility index (Phi) is 5.12. The molecule has 0 N–H and O–H groups in total. The second-order valence-corrected chi connectivity index (χ2v) is 7.58. The van der Waals surface area contributed by atoms with Crippen molar-refractivity contribution in [2.75, 3.05) is 0 Å². The van der Waals surface area contributed by atoms with Crippen LogP contribution in [0.4, 0.5) is 0 Å². The Morgan fingerprint density at radius 1 is 1.11 bits per heavy atom. The molecule has 7 nitrogen and oxygen atoms in total. The zero-order valence-electron chi connectivity index (χ0n) is 14.9. The molecule has 0 fully saturated rings. The summed E-state index contributed by atoms with van der Waals surface area (Å²) in [4.78, 5) is 41.5. The zero-order chi connectivity index (χ0) is 19.5. The molecular weight excluding hydrogens is 378 g/mol. The zero-order valence-corrected chi connectivity index (χ0v) is 15.7. The van der Waals surface area contributed by atoms with Gasteiger partial charge in [0.2, 0.25) is 0 Å². The lowest BCUT2D eigenvalue weighted by Gasteiger charge is -2.09. The van der Waals surface area contributed by atoms with Crippen molar-refractivity contribution < 1.29 is 9.53 Å². The molecule has 0 bridgehead atoms. The van der Waals surface area contributed by atoms with Gasteiger partial charge in [0.05, 0.1) is 18.1 Å². The summed E-state index contributed by atoms with van der Waals surface area (Å²) in [5.41, 5.74) is 0.909. The minimum Gasteiger partial charge on any atom is -0.460 e. The first-order chi connectivity index (χ1) is 13.6. The highest BCUT2D eigenvalue weighted by Crippen LogP contribution is 2.30. The van der Waals surface area contributed by atoms with Crippen LogP contribution in [0.25, 0.3) is 0 Å². The van der Waals surface area contributed by atoms with Gasteiger partial charge in [-0.1, -0.05) is 42.1 Å². The van der Waals surface area contributed by atoms with E-state index in [1.54, 1.807) is 24.5 Å². The average Bonchev–Trinajstić information content (AvgIpc) is 3.15. The number of rotatable bonds is 5. The lowest BCUT2D eigenvalue weighted by Crippen LogP contribution is -2.40. The number of esters is 1. The largest absolute Gasteiger partial charge is 0.460 e. The summed E-state index contributed by atoms with van der Waals surface area (Å²) < 4.78 is 8.00. The number of ether oxygens (including phenoxy) is 1. The van der Waals surface area contributed by atoms with E-state index in [0.717, 1.165) is 11.1 Å². The minimum absolute atomic E-state index is 0.143. The second-order valence-electron chi connectivity index (χ2n) is 6.36. The van der Waals surface area contributed by atoms with Crippen LogP contribution in [-0.2, 0) is 29.2 Å². The Bertz CT molecular complexity index is 1110. The first-order valence-corrected chi connectivity index (χ1v) is 9.60. The molecule has 1 unspecified atom stereocenters. The molecule has 28 heavy (non-hydrogen) atoms. The van der Waals surface area contributed by atoms with Crippen LogP contribution in [0.2, 0.25) is 0 Å².